The Morgan fingerprint density at radius 1 is 1.13 bits per heavy atom. The van der Waals surface area contributed by atoms with E-state index in [-0.39, 0.29) is 25.2 Å². The van der Waals surface area contributed by atoms with Crippen LogP contribution in [0.5, 0.6) is 0 Å². The predicted molar refractivity (Wildman–Crippen MR) is 112 cm³/mol. The first-order valence-electron chi connectivity index (χ1n) is 9.24. The largest absolute Gasteiger partial charge is 0.480 e. The maximum absolute atomic E-state index is 11.9. The van der Waals surface area contributed by atoms with Crippen LogP contribution < -0.4 is 0 Å². The van der Waals surface area contributed by atoms with Gasteiger partial charge >= 0.3 is 11.9 Å². The fraction of sp³-hybridized carbons (Fsp3) is 0.400. The Labute approximate surface area is 184 Å². The molecule has 2 atom stereocenters. The maximum atomic E-state index is 11.9. The van der Waals surface area contributed by atoms with Crippen LogP contribution in [0.1, 0.15) is 31.5 Å². The highest BCUT2D eigenvalue weighted by molar-refractivity contribution is 6.34. The second-order valence-corrected chi connectivity index (χ2v) is 8.26. The lowest BCUT2D eigenvalue weighted by Gasteiger charge is -2.31. The summed E-state index contributed by atoms with van der Waals surface area (Å²) in [4.78, 5) is 40.3. The summed E-state index contributed by atoms with van der Waals surface area (Å²) in [6, 6.07) is 2.46. The number of carbonyl (C=O) groups excluding carboxylic acids is 1. The Morgan fingerprint density at radius 3 is 2.23 bits per heavy atom. The lowest BCUT2D eigenvalue weighted by Crippen LogP contribution is -2.51. The number of hydrogen-bond acceptors (Lipinski definition) is 4. The lowest BCUT2D eigenvalue weighted by atomic mass is 10.00. The molecule has 2 aromatic rings. The summed E-state index contributed by atoms with van der Waals surface area (Å²) >= 11 is 12.1. The van der Waals surface area contributed by atoms with Crippen LogP contribution in [0.15, 0.2) is 30.7 Å². The summed E-state index contributed by atoms with van der Waals surface area (Å²) in [5.74, 6) is -2.58. The van der Waals surface area contributed by atoms with Gasteiger partial charge in [0.1, 0.15) is 12.1 Å². The Bertz CT molecular complexity index is 895. The number of amides is 1. The lowest BCUT2D eigenvalue weighted by molar-refractivity contribution is -0.155. The minimum absolute atomic E-state index is 0.0406. The molecule has 10 heteroatoms. The molecule has 1 aromatic heterocycles. The quantitative estimate of drug-likeness (QED) is 0.503. The van der Waals surface area contributed by atoms with E-state index >= 15 is 0 Å². The van der Waals surface area contributed by atoms with Crippen LogP contribution in [0.3, 0.4) is 0 Å². The molecule has 1 aromatic carbocycles. The molecule has 0 spiro atoms. The van der Waals surface area contributed by atoms with Crippen molar-refractivity contribution in [2.75, 3.05) is 0 Å². The third kappa shape index (κ3) is 6.21. The second-order valence-electron chi connectivity index (χ2n) is 7.38. The molecule has 0 unspecified atom stereocenters. The van der Waals surface area contributed by atoms with Crippen molar-refractivity contribution in [1.82, 2.24) is 14.5 Å². The van der Waals surface area contributed by atoms with E-state index in [1.54, 1.807) is 36.6 Å². The molecular weight excluding hydrogens is 433 g/mol. The van der Waals surface area contributed by atoms with Gasteiger partial charge in [-0.25, -0.2) is 14.6 Å². The van der Waals surface area contributed by atoms with E-state index in [9.17, 15) is 24.6 Å². The first-order valence-corrected chi connectivity index (χ1v) is 10.00. The van der Waals surface area contributed by atoms with Crippen molar-refractivity contribution in [3.63, 3.8) is 0 Å². The van der Waals surface area contributed by atoms with Gasteiger partial charge in [0.2, 0.25) is 6.41 Å². The smallest absolute Gasteiger partial charge is 0.326 e. The number of imidazole rings is 1. The van der Waals surface area contributed by atoms with Crippen LogP contribution in [-0.2, 0) is 27.3 Å². The fourth-order valence-corrected chi connectivity index (χ4v) is 3.81. The van der Waals surface area contributed by atoms with E-state index in [2.05, 4.69) is 4.98 Å². The van der Waals surface area contributed by atoms with E-state index in [1.807, 2.05) is 0 Å². The van der Waals surface area contributed by atoms with Crippen molar-refractivity contribution >= 4 is 41.6 Å². The number of carbonyl (C=O) groups is 3. The van der Waals surface area contributed by atoms with Crippen molar-refractivity contribution in [3.8, 4) is 0 Å². The van der Waals surface area contributed by atoms with E-state index in [0.29, 0.717) is 22.3 Å². The number of aromatic nitrogens is 2. The van der Waals surface area contributed by atoms with Crippen molar-refractivity contribution in [1.29, 1.82) is 0 Å². The third-order valence-corrected chi connectivity index (χ3v) is 5.02. The average molecular weight is 456 g/mol. The zero-order chi connectivity index (χ0) is 22.4. The third-order valence-electron chi connectivity index (χ3n) is 4.58. The minimum atomic E-state index is -1.36. The molecular formula is C20H23Cl2N3O5. The highest BCUT2D eigenvalue weighted by Crippen LogP contribution is 2.21. The number of halogens is 2. The Morgan fingerprint density at radius 2 is 1.73 bits per heavy atom. The number of benzene rings is 1. The molecule has 2 rings (SSSR count). The van der Waals surface area contributed by atoms with Crippen LogP contribution in [0, 0.1) is 5.92 Å². The SMILES string of the molecule is CC(C)C[C@@H](C(=O)O)N(C=O)[C@@H](Cc1cncn1Cc1cc(Cl)cc(Cl)c1)C(=O)O. The van der Waals surface area contributed by atoms with E-state index in [1.165, 1.54) is 12.5 Å². The molecule has 0 saturated carbocycles. The Balaban J connectivity index is 2.31. The molecule has 2 N–H and O–H groups in total. The number of carboxylic acid groups (broad SMARTS) is 2. The van der Waals surface area contributed by atoms with Gasteiger partial charge in [0.15, 0.2) is 0 Å². The zero-order valence-electron chi connectivity index (χ0n) is 16.5. The summed E-state index contributed by atoms with van der Waals surface area (Å²) in [5, 5.41) is 20.2. The van der Waals surface area contributed by atoms with Gasteiger partial charge in [0.05, 0.1) is 6.33 Å². The van der Waals surface area contributed by atoms with Gasteiger partial charge in [-0.05, 0) is 36.1 Å². The number of nitrogens with zero attached hydrogens (tertiary/aromatic N) is 3. The molecule has 30 heavy (non-hydrogen) atoms. The van der Waals surface area contributed by atoms with Gasteiger partial charge in [0.25, 0.3) is 0 Å². The number of rotatable bonds is 11. The van der Waals surface area contributed by atoms with Gasteiger partial charge in [-0.15, -0.1) is 0 Å². The second kappa shape index (κ2) is 10.4. The normalized spacial score (nSPS) is 13.1. The van der Waals surface area contributed by atoms with Crippen molar-refractivity contribution < 1.29 is 24.6 Å². The number of hydrogen-bond donors (Lipinski definition) is 2. The van der Waals surface area contributed by atoms with Crippen LogP contribution in [0.25, 0.3) is 0 Å². The molecule has 0 saturated heterocycles. The minimum Gasteiger partial charge on any atom is -0.480 e. The molecule has 1 amide bonds. The Kier molecular flexibility index (Phi) is 8.25. The fourth-order valence-electron chi connectivity index (χ4n) is 3.24. The molecule has 0 bridgehead atoms. The van der Waals surface area contributed by atoms with Crippen molar-refractivity contribution in [3.05, 3.63) is 52.0 Å². The summed E-state index contributed by atoms with van der Waals surface area (Å²) < 4.78 is 1.71. The summed E-state index contributed by atoms with van der Waals surface area (Å²) in [6.45, 7) is 3.94. The van der Waals surface area contributed by atoms with Gasteiger partial charge in [-0.2, -0.15) is 0 Å². The number of aliphatic carboxylic acids is 2. The van der Waals surface area contributed by atoms with Gasteiger partial charge < -0.3 is 19.7 Å². The standard InChI is InChI=1S/C20H23Cl2N3O5/c1-12(2)3-17(19(27)28)25(11-26)18(20(29)30)7-16-8-23-10-24(16)9-13-4-14(21)6-15(22)5-13/h4-6,8,10-12,17-18H,3,7,9H2,1-2H3,(H,27,28)(H,29,30)/t17-,18-/m0/s1. The monoisotopic (exact) mass is 455 g/mol. The predicted octanol–water partition coefficient (Wildman–Crippen LogP) is 3.19. The van der Waals surface area contributed by atoms with E-state index < -0.39 is 24.0 Å². The van der Waals surface area contributed by atoms with Crippen molar-refractivity contribution in [2.45, 2.75) is 45.3 Å². The van der Waals surface area contributed by atoms with Gasteiger partial charge in [-0.3, -0.25) is 4.79 Å². The molecule has 0 fully saturated rings. The molecule has 0 radical (unpaired) electrons. The number of carboxylic acids is 2. The maximum Gasteiger partial charge on any atom is 0.326 e. The van der Waals surface area contributed by atoms with Gasteiger partial charge in [-0.1, -0.05) is 37.0 Å². The highest BCUT2D eigenvalue weighted by Gasteiger charge is 2.35. The summed E-state index contributed by atoms with van der Waals surface area (Å²) in [7, 11) is 0. The molecule has 0 aliphatic heterocycles. The molecule has 0 aliphatic rings. The molecule has 0 aliphatic carbocycles. The summed E-state index contributed by atoms with van der Waals surface area (Å²) in [5.41, 5.74) is 1.31. The average Bonchev–Trinajstić information content (AvgIpc) is 3.05. The van der Waals surface area contributed by atoms with Crippen LogP contribution in [0.2, 0.25) is 10.0 Å². The molecule has 1 heterocycles. The van der Waals surface area contributed by atoms with E-state index in [0.717, 1.165) is 10.5 Å². The van der Waals surface area contributed by atoms with Crippen molar-refractivity contribution in [2.24, 2.45) is 5.92 Å². The van der Waals surface area contributed by atoms with Crippen LogP contribution >= 0.6 is 23.2 Å². The van der Waals surface area contributed by atoms with Gasteiger partial charge in [0, 0.05) is 34.9 Å². The first-order chi connectivity index (χ1) is 14.1. The first kappa shape index (κ1) is 23.7. The Hall–Kier alpha value is -2.58. The highest BCUT2D eigenvalue weighted by atomic mass is 35.5. The summed E-state index contributed by atoms with van der Waals surface area (Å²) in [6.07, 6.45) is 3.33. The zero-order valence-corrected chi connectivity index (χ0v) is 18.0. The molecule has 8 nitrogen and oxygen atoms in total. The van der Waals surface area contributed by atoms with Crippen LogP contribution in [0.4, 0.5) is 0 Å². The van der Waals surface area contributed by atoms with E-state index in [4.69, 9.17) is 23.2 Å². The molecule has 162 valence electrons. The topological polar surface area (TPSA) is 113 Å². The van der Waals surface area contributed by atoms with Crippen LogP contribution in [-0.4, -0.2) is 55.1 Å².